The van der Waals surface area contributed by atoms with E-state index in [1.165, 1.54) is 0 Å². The van der Waals surface area contributed by atoms with E-state index in [1.54, 1.807) is 0 Å². The fourth-order valence-corrected chi connectivity index (χ4v) is 3.18. The predicted molar refractivity (Wildman–Crippen MR) is 46.4 cm³/mol. The fraction of sp³-hybridized carbons (Fsp3) is 0.889. The lowest BCUT2D eigenvalue weighted by Crippen LogP contribution is -2.65. The summed E-state index contributed by atoms with van der Waals surface area (Å²) in [6.07, 6.45) is 3.26. The molecule has 3 rings (SSSR count). The summed E-state index contributed by atoms with van der Waals surface area (Å²) in [6, 6.07) is 0. The van der Waals surface area contributed by atoms with Crippen molar-refractivity contribution in [1.82, 2.24) is 5.32 Å². The number of nitrogens with one attached hydrogen (secondary N) is 1. The highest BCUT2D eigenvalue weighted by Gasteiger charge is 2.66. The van der Waals surface area contributed by atoms with Crippen molar-refractivity contribution in [2.75, 3.05) is 13.2 Å². The summed E-state index contributed by atoms with van der Waals surface area (Å²) in [5.41, 5.74) is 0.641. The number of aliphatic hydroxyl groups is 1. The van der Waals surface area contributed by atoms with E-state index in [9.17, 15) is 4.79 Å². The van der Waals surface area contributed by atoms with Crippen LogP contribution in [0.3, 0.4) is 0 Å². The summed E-state index contributed by atoms with van der Waals surface area (Å²) < 4.78 is 0. The number of hydrogen-bond acceptors (Lipinski definition) is 2. The molecule has 74 valence electrons. The summed E-state index contributed by atoms with van der Waals surface area (Å²) >= 11 is 0. The number of aliphatic hydroxyl groups excluding tert-OH is 1. The summed E-state index contributed by atoms with van der Waals surface area (Å²) in [4.78, 5) is 10.3. The van der Waals surface area contributed by atoms with E-state index in [-0.39, 0.29) is 12.0 Å². The van der Waals surface area contributed by atoms with Crippen LogP contribution in [0.4, 0.5) is 4.79 Å². The maximum absolute atomic E-state index is 10.3. The smallest absolute Gasteiger partial charge is 0.404 e. The molecule has 0 heterocycles. The molecule has 1 amide bonds. The third-order valence-electron chi connectivity index (χ3n) is 3.51. The molecule has 4 heteroatoms. The largest absolute Gasteiger partial charge is 0.465 e. The van der Waals surface area contributed by atoms with Gasteiger partial charge in [-0.15, -0.1) is 0 Å². The SMILES string of the molecule is O=C(O)NCC12CC(CCO)(C1)C2. The van der Waals surface area contributed by atoms with E-state index < -0.39 is 6.09 Å². The van der Waals surface area contributed by atoms with Gasteiger partial charge in [0, 0.05) is 13.2 Å². The maximum atomic E-state index is 10.3. The summed E-state index contributed by atoms with van der Waals surface area (Å²) in [7, 11) is 0. The predicted octanol–water partition coefficient (Wildman–Crippen LogP) is 0.807. The molecule has 0 spiro atoms. The van der Waals surface area contributed by atoms with Crippen molar-refractivity contribution in [3.05, 3.63) is 0 Å². The number of hydrogen-bond donors (Lipinski definition) is 3. The molecule has 2 bridgehead atoms. The van der Waals surface area contributed by atoms with Crippen molar-refractivity contribution < 1.29 is 15.0 Å². The van der Waals surface area contributed by atoms with Crippen LogP contribution in [0.2, 0.25) is 0 Å². The van der Waals surface area contributed by atoms with E-state index in [2.05, 4.69) is 5.32 Å². The van der Waals surface area contributed by atoms with Crippen LogP contribution in [-0.2, 0) is 0 Å². The Labute approximate surface area is 76.9 Å². The number of carboxylic acid groups (broad SMARTS) is 1. The van der Waals surface area contributed by atoms with E-state index >= 15 is 0 Å². The fourth-order valence-electron chi connectivity index (χ4n) is 3.18. The zero-order chi connectivity index (χ0) is 9.53. The first-order valence-electron chi connectivity index (χ1n) is 4.68. The standard InChI is InChI=1S/C9H15NO3/c11-2-1-8-3-9(4-8,5-8)6-10-7(12)13/h10-11H,1-6H2,(H,12,13). The van der Waals surface area contributed by atoms with Gasteiger partial charge in [-0.05, 0) is 36.5 Å². The molecule has 0 radical (unpaired) electrons. The van der Waals surface area contributed by atoms with Gasteiger partial charge in [-0.25, -0.2) is 4.79 Å². The quantitative estimate of drug-likeness (QED) is 0.607. The van der Waals surface area contributed by atoms with Gasteiger partial charge < -0.3 is 15.5 Å². The summed E-state index contributed by atoms with van der Waals surface area (Å²) in [5.74, 6) is 0. The lowest BCUT2D eigenvalue weighted by molar-refractivity contribution is -0.206. The van der Waals surface area contributed by atoms with Gasteiger partial charge >= 0.3 is 6.09 Å². The summed E-state index contributed by atoms with van der Waals surface area (Å²) in [6.45, 7) is 0.859. The zero-order valence-electron chi connectivity index (χ0n) is 7.55. The monoisotopic (exact) mass is 185 g/mol. The molecule has 0 atom stereocenters. The molecule has 3 N–H and O–H groups in total. The highest BCUT2D eigenvalue weighted by molar-refractivity contribution is 5.64. The maximum Gasteiger partial charge on any atom is 0.404 e. The van der Waals surface area contributed by atoms with Crippen molar-refractivity contribution in [3.63, 3.8) is 0 Å². The second-order valence-corrected chi connectivity index (χ2v) is 4.66. The van der Waals surface area contributed by atoms with Crippen LogP contribution >= 0.6 is 0 Å². The van der Waals surface area contributed by atoms with Crippen molar-refractivity contribution >= 4 is 6.09 Å². The minimum absolute atomic E-state index is 0.258. The lowest BCUT2D eigenvalue weighted by atomic mass is 9.34. The van der Waals surface area contributed by atoms with Crippen molar-refractivity contribution in [2.45, 2.75) is 25.7 Å². The molecule has 4 nitrogen and oxygen atoms in total. The molecule has 0 aromatic heterocycles. The first kappa shape index (κ1) is 8.81. The molecular weight excluding hydrogens is 170 g/mol. The van der Waals surface area contributed by atoms with Crippen LogP contribution in [0, 0.1) is 10.8 Å². The lowest BCUT2D eigenvalue weighted by Gasteiger charge is -2.71. The molecule has 3 aliphatic carbocycles. The third kappa shape index (κ3) is 1.29. The van der Waals surface area contributed by atoms with Crippen LogP contribution in [0.5, 0.6) is 0 Å². The van der Waals surface area contributed by atoms with Crippen LogP contribution in [0.15, 0.2) is 0 Å². The molecular formula is C9H15NO3. The van der Waals surface area contributed by atoms with Crippen LogP contribution in [0.25, 0.3) is 0 Å². The van der Waals surface area contributed by atoms with Gasteiger partial charge in [0.2, 0.25) is 0 Å². The van der Waals surface area contributed by atoms with Gasteiger partial charge in [0.25, 0.3) is 0 Å². The molecule has 0 saturated heterocycles. The molecule has 13 heavy (non-hydrogen) atoms. The van der Waals surface area contributed by atoms with Crippen LogP contribution in [0.1, 0.15) is 25.7 Å². The van der Waals surface area contributed by atoms with Gasteiger partial charge in [-0.1, -0.05) is 0 Å². The Bertz CT molecular complexity index is 219. The van der Waals surface area contributed by atoms with E-state index in [1.807, 2.05) is 0 Å². The molecule has 0 unspecified atom stereocenters. The van der Waals surface area contributed by atoms with Gasteiger partial charge in [0.05, 0.1) is 0 Å². The normalized spacial score (nSPS) is 40.4. The van der Waals surface area contributed by atoms with Crippen molar-refractivity contribution in [1.29, 1.82) is 0 Å². The van der Waals surface area contributed by atoms with Gasteiger partial charge in [0.1, 0.15) is 0 Å². The Morgan fingerprint density at radius 3 is 2.38 bits per heavy atom. The number of rotatable bonds is 4. The second-order valence-electron chi connectivity index (χ2n) is 4.66. The third-order valence-corrected chi connectivity index (χ3v) is 3.51. The average molecular weight is 185 g/mol. The van der Waals surface area contributed by atoms with Gasteiger partial charge in [0.15, 0.2) is 0 Å². The summed E-state index contributed by atoms with van der Waals surface area (Å²) in [5, 5.41) is 19.7. The van der Waals surface area contributed by atoms with Gasteiger partial charge in [-0.3, -0.25) is 0 Å². The molecule has 0 aliphatic heterocycles. The molecule has 3 fully saturated rings. The molecule has 3 aliphatic rings. The highest BCUT2D eigenvalue weighted by atomic mass is 16.4. The van der Waals surface area contributed by atoms with E-state index in [0.29, 0.717) is 12.0 Å². The van der Waals surface area contributed by atoms with E-state index in [0.717, 1.165) is 25.7 Å². The topological polar surface area (TPSA) is 69.6 Å². The van der Waals surface area contributed by atoms with Crippen molar-refractivity contribution in [2.24, 2.45) is 10.8 Å². The highest BCUT2D eigenvalue weighted by Crippen LogP contribution is 2.74. The van der Waals surface area contributed by atoms with Crippen LogP contribution < -0.4 is 5.32 Å². The van der Waals surface area contributed by atoms with Gasteiger partial charge in [-0.2, -0.15) is 0 Å². The minimum atomic E-state index is -0.930. The number of carbonyl (C=O) groups is 1. The first-order valence-corrected chi connectivity index (χ1v) is 4.68. The van der Waals surface area contributed by atoms with Crippen molar-refractivity contribution in [3.8, 4) is 0 Å². The molecule has 0 aromatic carbocycles. The Morgan fingerprint density at radius 2 is 1.92 bits per heavy atom. The average Bonchev–Trinajstić information content (AvgIpc) is 1.91. The second kappa shape index (κ2) is 2.61. The van der Waals surface area contributed by atoms with Crippen LogP contribution in [-0.4, -0.2) is 29.5 Å². The first-order chi connectivity index (χ1) is 6.10. The Kier molecular flexibility index (Phi) is 1.77. The minimum Gasteiger partial charge on any atom is -0.465 e. The zero-order valence-corrected chi connectivity index (χ0v) is 7.55. The molecule has 3 saturated carbocycles. The Balaban J connectivity index is 1.74. The van der Waals surface area contributed by atoms with E-state index in [4.69, 9.17) is 10.2 Å². The Hall–Kier alpha value is -0.770. The number of amides is 1. The Morgan fingerprint density at radius 1 is 1.31 bits per heavy atom. The molecule has 0 aromatic rings.